The fourth-order valence-corrected chi connectivity index (χ4v) is 3.53. The van der Waals surface area contributed by atoms with Gasteiger partial charge in [0.2, 0.25) is 10.0 Å². The number of anilines is 1. The van der Waals surface area contributed by atoms with Gasteiger partial charge in [-0.1, -0.05) is 23.7 Å². The van der Waals surface area contributed by atoms with Gasteiger partial charge in [-0.2, -0.15) is 0 Å². The minimum Gasteiger partial charge on any atom is -0.385 e. The molecule has 2 aromatic carbocycles. The molecule has 1 amide bonds. The molecule has 0 spiro atoms. The third kappa shape index (κ3) is 5.54. The number of carbonyl (C=O) groups is 1. The molecule has 2 rings (SSSR count). The van der Waals surface area contributed by atoms with Crippen molar-refractivity contribution in [3.63, 3.8) is 0 Å². The number of benzene rings is 2. The summed E-state index contributed by atoms with van der Waals surface area (Å²) in [6.07, 6.45) is 0.559. The Bertz CT molecular complexity index is 885. The number of rotatable bonds is 8. The van der Waals surface area contributed by atoms with Crippen LogP contribution in [0, 0.1) is 6.92 Å². The van der Waals surface area contributed by atoms with Crippen molar-refractivity contribution in [1.29, 1.82) is 0 Å². The van der Waals surface area contributed by atoms with Gasteiger partial charge in [0.1, 0.15) is 0 Å². The quantitative estimate of drug-likeness (QED) is 0.671. The van der Waals surface area contributed by atoms with Gasteiger partial charge in [0, 0.05) is 36.5 Å². The predicted molar refractivity (Wildman–Crippen MR) is 102 cm³/mol. The van der Waals surface area contributed by atoms with Crippen LogP contribution in [0.15, 0.2) is 47.4 Å². The maximum Gasteiger partial charge on any atom is 0.255 e. The number of sulfonamides is 1. The van der Waals surface area contributed by atoms with Gasteiger partial charge in [0.05, 0.1) is 4.90 Å². The van der Waals surface area contributed by atoms with Crippen molar-refractivity contribution in [3.8, 4) is 0 Å². The summed E-state index contributed by atoms with van der Waals surface area (Å²) in [7, 11) is -2.14. The van der Waals surface area contributed by atoms with Crippen LogP contribution in [0.2, 0.25) is 5.02 Å². The summed E-state index contributed by atoms with van der Waals surface area (Å²) < 4.78 is 32.0. The first-order valence-electron chi connectivity index (χ1n) is 7.99. The highest BCUT2D eigenvalue weighted by molar-refractivity contribution is 7.89. The summed E-state index contributed by atoms with van der Waals surface area (Å²) >= 11 is 5.95. The molecule has 0 fully saturated rings. The van der Waals surface area contributed by atoms with E-state index in [1.165, 1.54) is 18.2 Å². The minimum atomic E-state index is -3.69. The Morgan fingerprint density at radius 3 is 2.69 bits per heavy atom. The maximum atomic E-state index is 12.5. The van der Waals surface area contributed by atoms with Gasteiger partial charge in [-0.05, 0) is 49.2 Å². The highest BCUT2D eigenvalue weighted by atomic mass is 35.5. The molecule has 0 bridgehead atoms. The monoisotopic (exact) mass is 396 g/mol. The maximum absolute atomic E-state index is 12.5. The van der Waals surface area contributed by atoms with E-state index in [1.807, 2.05) is 6.92 Å². The SMILES string of the molecule is COCCCNS(=O)(=O)c1cccc(C(=O)Nc2cc(Cl)ccc2C)c1. The van der Waals surface area contributed by atoms with E-state index in [-0.39, 0.29) is 17.0 Å². The van der Waals surface area contributed by atoms with Crippen molar-refractivity contribution in [1.82, 2.24) is 4.72 Å². The average molecular weight is 397 g/mol. The van der Waals surface area contributed by atoms with E-state index >= 15 is 0 Å². The van der Waals surface area contributed by atoms with Crippen molar-refractivity contribution < 1.29 is 17.9 Å². The first-order valence-corrected chi connectivity index (χ1v) is 9.86. The summed E-state index contributed by atoms with van der Waals surface area (Å²) in [6, 6.07) is 11.0. The topological polar surface area (TPSA) is 84.5 Å². The molecule has 140 valence electrons. The summed E-state index contributed by atoms with van der Waals surface area (Å²) in [5.41, 5.74) is 1.67. The fraction of sp³-hybridized carbons (Fsp3) is 0.278. The Morgan fingerprint density at radius 1 is 1.19 bits per heavy atom. The third-order valence-electron chi connectivity index (χ3n) is 3.67. The largest absolute Gasteiger partial charge is 0.385 e. The van der Waals surface area contributed by atoms with Gasteiger partial charge >= 0.3 is 0 Å². The van der Waals surface area contributed by atoms with Gasteiger partial charge in [0.15, 0.2) is 0 Å². The number of amides is 1. The van der Waals surface area contributed by atoms with Crippen LogP contribution in [0.4, 0.5) is 5.69 Å². The Balaban J connectivity index is 2.15. The molecule has 0 unspecified atom stereocenters. The minimum absolute atomic E-state index is 0.0328. The molecule has 2 aromatic rings. The van der Waals surface area contributed by atoms with E-state index in [9.17, 15) is 13.2 Å². The molecule has 0 heterocycles. The number of hydrogen-bond donors (Lipinski definition) is 2. The van der Waals surface area contributed by atoms with Crippen molar-refractivity contribution in [2.24, 2.45) is 0 Å². The summed E-state index contributed by atoms with van der Waals surface area (Å²) in [5.74, 6) is -0.410. The van der Waals surface area contributed by atoms with Gasteiger partial charge in [-0.3, -0.25) is 4.79 Å². The van der Waals surface area contributed by atoms with Gasteiger partial charge < -0.3 is 10.1 Å². The zero-order valence-electron chi connectivity index (χ0n) is 14.6. The molecule has 0 aromatic heterocycles. The Hall–Kier alpha value is -1.93. The number of aryl methyl sites for hydroxylation is 1. The number of methoxy groups -OCH3 is 1. The van der Waals surface area contributed by atoms with Gasteiger partial charge in [0.25, 0.3) is 5.91 Å². The molecule has 2 N–H and O–H groups in total. The average Bonchev–Trinajstić information content (AvgIpc) is 2.62. The summed E-state index contributed by atoms with van der Waals surface area (Å²) in [6.45, 7) is 2.56. The molecule has 6 nitrogen and oxygen atoms in total. The molecule has 0 radical (unpaired) electrons. The lowest BCUT2D eigenvalue weighted by atomic mass is 10.1. The molecule has 0 aliphatic carbocycles. The van der Waals surface area contributed by atoms with E-state index in [0.717, 1.165) is 5.56 Å². The Kier molecular flexibility index (Phi) is 7.16. The van der Waals surface area contributed by atoms with Crippen molar-refractivity contribution in [2.75, 3.05) is 25.6 Å². The van der Waals surface area contributed by atoms with Crippen LogP contribution in [0.5, 0.6) is 0 Å². The first-order chi connectivity index (χ1) is 12.3. The van der Waals surface area contributed by atoms with E-state index in [2.05, 4.69) is 10.0 Å². The molecular formula is C18H21ClN2O4S. The zero-order valence-corrected chi connectivity index (χ0v) is 16.2. The molecule has 26 heavy (non-hydrogen) atoms. The van der Waals surface area contributed by atoms with Crippen molar-refractivity contribution in [3.05, 3.63) is 58.6 Å². The smallest absolute Gasteiger partial charge is 0.255 e. The fourth-order valence-electron chi connectivity index (χ4n) is 2.23. The van der Waals surface area contributed by atoms with Crippen molar-refractivity contribution >= 4 is 33.2 Å². The number of halogens is 1. The number of nitrogens with one attached hydrogen (secondary N) is 2. The van der Waals surface area contributed by atoms with Crippen molar-refractivity contribution in [2.45, 2.75) is 18.2 Å². The molecule has 0 saturated carbocycles. The van der Waals surface area contributed by atoms with Crippen LogP contribution < -0.4 is 10.0 Å². The standard InChI is InChI=1S/C18H21ClN2O4S/c1-13-7-8-15(19)12-17(13)21-18(22)14-5-3-6-16(11-14)26(23,24)20-9-4-10-25-2/h3,5-8,11-12,20H,4,9-10H2,1-2H3,(H,21,22). The second kappa shape index (κ2) is 9.14. The lowest BCUT2D eigenvalue weighted by Crippen LogP contribution is -2.26. The first kappa shape index (κ1) is 20.4. The third-order valence-corrected chi connectivity index (χ3v) is 5.37. The van der Waals surface area contributed by atoms with E-state index in [0.29, 0.717) is 23.7 Å². The Morgan fingerprint density at radius 2 is 1.96 bits per heavy atom. The molecule has 0 aliphatic heterocycles. The predicted octanol–water partition coefficient (Wildman–Crippen LogP) is 3.22. The van der Waals surface area contributed by atoms with Crippen LogP contribution in [-0.4, -0.2) is 34.6 Å². The van der Waals surface area contributed by atoms with E-state index in [4.69, 9.17) is 16.3 Å². The normalized spacial score (nSPS) is 11.3. The zero-order chi connectivity index (χ0) is 19.2. The number of ether oxygens (including phenoxy) is 1. The Labute approximate surface area is 158 Å². The van der Waals surface area contributed by atoms with Gasteiger partial charge in [-0.15, -0.1) is 0 Å². The lowest BCUT2D eigenvalue weighted by molar-refractivity contribution is 0.102. The summed E-state index contributed by atoms with van der Waals surface area (Å²) in [5, 5.41) is 3.25. The number of hydrogen-bond acceptors (Lipinski definition) is 4. The highest BCUT2D eigenvalue weighted by Gasteiger charge is 2.16. The van der Waals surface area contributed by atoms with Crippen LogP contribution in [0.1, 0.15) is 22.3 Å². The van der Waals surface area contributed by atoms with Crippen LogP contribution in [-0.2, 0) is 14.8 Å². The second-order valence-electron chi connectivity index (χ2n) is 5.69. The number of carbonyl (C=O) groups excluding carboxylic acids is 1. The van der Waals surface area contributed by atoms with Gasteiger partial charge in [-0.25, -0.2) is 13.1 Å². The molecule has 0 atom stereocenters. The van der Waals surface area contributed by atoms with Crippen LogP contribution in [0.25, 0.3) is 0 Å². The molecule has 8 heteroatoms. The molecule has 0 saturated heterocycles. The molecular weight excluding hydrogens is 376 g/mol. The summed E-state index contributed by atoms with van der Waals surface area (Å²) in [4.78, 5) is 12.5. The highest BCUT2D eigenvalue weighted by Crippen LogP contribution is 2.21. The van der Waals surface area contributed by atoms with Crippen LogP contribution in [0.3, 0.4) is 0 Å². The molecule has 0 aliphatic rings. The van der Waals surface area contributed by atoms with E-state index < -0.39 is 15.9 Å². The van der Waals surface area contributed by atoms with E-state index in [1.54, 1.807) is 31.4 Å². The second-order valence-corrected chi connectivity index (χ2v) is 7.89. The lowest BCUT2D eigenvalue weighted by Gasteiger charge is -2.11. The van der Waals surface area contributed by atoms with Crippen LogP contribution >= 0.6 is 11.6 Å².